The largest absolute Gasteiger partial charge is 0.469 e. The summed E-state index contributed by atoms with van der Waals surface area (Å²) in [5.74, 6) is -1.56. The second kappa shape index (κ2) is 8.99. The quantitative estimate of drug-likeness (QED) is 0.468. The first-order chi connectivity index (χ1) is 14.7. The first kappa shape index (κ1) is 22.0. The van der Waals surface area contributed by atoms with Crippen LogP contribution in [0.5, 0.6) is 0 Å². The highest BCUT2D eigenvalue weighted by Crippen LogP contribution is 2.28. The Bertz CT molecular complexity index is 1060. The Morgan fingerprint density at radius 2 is 1.71 bits per heavy atom. The second-order valence-electron chi connectivity index (χ2n) is 6.55. The maximum absolute atomic E-state index is 13.2. The number of rotatable bonds is 6. The van der Waals surface area contributed by atoms with E-state index in [1.54, 1.807) is 0 Å². The minimum Gasteiger partial charge on any atom is -0.469 e. The number of amides is 1. The number of nitrogens with one attached hydrogen (secondary N) is 1. The summed E-state index contributed by atoms with van der Waals surface area (Å²) in [5.41, 5.74) is 0.0212. The predicted molar refractivity (Wildman–Crippen MR) is 102 cm³/mol. The number of esters is 1. The maximum atomic E-state index is 13.2. The number of halogens is 4. The molecule has 0 saturated carbocycles. The number of methoxy groups -OCH3 is 1. The SMILES string of the molecule is COC(=O)CC(NC(=O)c1ccc(-n2ccc(C(F)(F)F)n2)cc1)c1ccc(F)cc1. The van der Waals surface area contributed by atoms with Crippen LogP contribution in [0.2, 0.25) is 0 Å². The van der Waals surface area contributed by atoms with Gasteiger partial charge in [0, 0.05) is 11.8 Å². The van der Waals surface area contributed by atoms with Crippen LogP contribution in [0, 0.1) is 5.82 Å². The lowest BCUT2D eigenvalue weighted by Gasteiger charge is -2.18. The first-order valence-corrected chi connectivity index (χ1v) is 9.04. The van der Waals surface area contributed by atoms with E-state index < -0.39 is 35.6 Å². The molecule has 6 nitrogen and oxygen atoms in total. The molecule has 3 aromatic rings. The van der Waals surface area contributed by atoms with Crippen molar-refractivity contribution in [3.8, 4) is 5.69 Å². The van der Waals surface area contributed by atoms with Crippen molar-refractivity contribution in [2.45, 2.75) is 18.6 Å². The zero-order chi connectivity index (χ0) is 22.6. The van der Waals surface area contributed by atoms with Crippen LogP contribution < -0.4 is 5.32 Å². The van der Waals surface area contributed by atoms with Crippen LogP contribution in [-0.2, 0) is 15.7 Å². The van der Waals surface area contributed by atoms with Crippen molar-refractivity contribution < 1.29 is 31.9 Å². The van der Waals surface area contributed by atoms with Crippen molar-refractivity contribution in [3.05, 3.63) is 83.4 Å². The Kier molecular flexibility index (Phi) is 6.38. The molecule has 1 unspecified atom stereocenters. The van der Waals surface area contributed by atoms with Gasteiger partial charge in [-0.25, -0.2) is 9.07 Å². The third kappa shape index (κ3) is 5.47. The molecule has 0 bridgehead atoms. The van der Waals surface area contributed by atoms with E-state index in [9.17, 15) is 27.2 Å². The molecule has 0 aliphatic heterocycles. The summed E-state index contributed by atoms with van der Waals surface area (Å²) in [6.45, 7) is 0. The summed E-state index contributed by atoms with van der Waals surface area (Å²) >= 11 is 0. The van der Waals surface area contributed by atoms with Crippen molar-refractivity contribution in [2.75, 3.05) is 7.11 Å². The average molecular weight is 435 g/mol. The summed E-state index contributed by atoms with van der Waals surface area (Å²) in [6, 6.07) is 11.1. The lowest BCUT2D eigenvalue weighted by Crippen LogP contribution is -2.30. The van der Waals surface area contributed by atoms with Crippen molar-refractivity contribution in [3.63, 3.8) is 0 Å². The topological polar surface area (TPSA) is 73.2 Å². The van der Waals surface area contributed by atoms with Gasteiger partial charge in [0.1, 0.15) is 5.82 Å². The van der Waals surface area contributed by atoms with Crippen LogP contribution in [0.25, 0.3) is 5.69 Å². The molecular weight excluding hydrogens is 418 g/mol. The maximum Gasteiger partial charge on any atom is 0.435 e. The van der Waals surface area contributed by atoms with Crippen LogP contribution in [0.3, 0.4) is 0 Å². The summed E-state index contributed by atoms with van der Waals surface area (Å²) in [7, 11) is 1.21. The standard InChI is InChI=1S/C21H17F4N3O3/c1-31-19(29)12-17(13-2-6-15(22)7-3-13)26-20(30)14-4-8-16(9-5-14)28-11-10-18(27-28)21(23,24)25/h2-11,17H,12H2,1H3,(H,26,30). The minimum atomic E-state index is -4.56. The lowest BCUT2D eigenvalue weighted by atomic mass is 10.0. The molecule has 1 atom stereocenters. The van der Waals surface area contributed by atoms with Gasteiger partial charge in [0.05, 0.1) is 25.3 Å². The van der Waals surface area contributed by atoms with Gasteiger partial charge in [0.25, 0.3) is 5.91 Å². The zero-order valence-corrected chi connectivity index (χ0v) is 16.2. The number of hydrogen-bond acceptors (Lipinski definition) is 4. The minimum absolute atomic E-state index is 0.167. The monoisotopic (exact) mass is 435 g/mol. The molecule has 0 aliphatic carbocycles. The summed E-state index contributed by atoms with van der Waals surface area (Å²) in [5, 5.41) is 6.16. The Morgan fingerprint density at radius 1 is 1.06 bits per heavy atom. The first-order valence-electron chi connectivity index (χ1n) is 9.04. The van der Waals surface area contributed by atoms with Crippen molar-refractivity contribution in [2.24, 2.45) is 0 Å². The van der Waals surface area contributed by atoms with Gasteiger partial charge in [-0.2, -0.15) is 18.3 Å². The molecule has 3 rings (SSSR count). The molecule has 10 heteroatoms. The lowest BCUT2D eigenvalue weighted by molar-refractivity contribution is -0.142. The molecule has 0 aliphatic rings. The molecule has 0 radical (unpaired) electrons. The highest BCUT2D eigenvalue weighted by Gasteiger charge is 2.33. The van der Waals surface area contributed by atoms with Crippen LogP contribution in [0.15, 0.2) is 60.8 Å². The van der Waals surface area contributed by atoms with E-state index in [4.69, 9.17) is 0 Å². The highest BCUT2D eigenvalue weighted by atomic mass is 19.4. The molecule has 0 spiro atoms. The Labute approximate surface area is 174 Å². The molecule has 31 heavy (non-hydrogen) atoms. The average Bonchev–Trinajstić information content (AvgIpc) is 3.24. The summed E-state index contributed by atoms with van der Waals surface area (Å²) in [6.07, 6.45) is -3.56. The van der Waals surface area contributed by atoms with E-state index in [0.29, 0.717) is 11.3 Å². The van der Waals surface area contributed by atoms with E-state index in [1.807, 2.05) is 0 Å². The van der Waals surface area contributed by atoms with Gasteiger partial charge in [-0.05, 0) is 48.0 Å². The third-order valence-corrected chi connectivity index (χ3v) is 4.45. The van der Waals surface area contributed by atoms with Crippen molar-refractivity contribution in [1.82, 2.24) is 15.1 Å². The number of ether oxygens (including phenoxy) is 1. The summed E-state index contributed by atoms with van der Waals surface area (Å²) in [4.78, 5) is 24.4. The normalized spacial score (nSPS) is 12.3. The smallest absolute Gasteiger partial charge is 0.435 e. The van der Waals surface area contributed by atoms with E-state index in [2.05, 4.69) is 15.2 Å². The van der Waals surface area contributed by atoms with Crippen LogP contribution in [0.4, 0.5) is 17.6 Å². The third-order valence-electron chi connectivity index (χ3n) is 4.45. The molecule has 0 fully saturated rings. The molecule has 0 saturated heterocycles. The number of carbonyl (C=O) groups excluding carboxylic acids is 2. The number of carbonyl (C=O) groups is 2. The number of hydrogen-bond donors (Lipinski definition) is 1. The number of aromatic nitrogens is 2. The van der Waals surface area contributed by atoms with Gasteiger partial charge in [0.15, 0.2) is 5.69 Å². The van der Waals surface area contributed by atoms with E-state index >= 15 is 0 Å². The van der Waals surface area contributed by atoms with Gasteiger partial charge in [0.2, 0.25) is 0 Å². The highest BCUT2D eigenvalue weighted by molar-refractivity contribution is 5.94. The Morgan fingerprint density at radius 3 is 2.26 bits per heavy atom. The van der Waals surface area contributed by atoms with Crippen LogP contribution in [-0.4, -0.2) is 28.8 Å². The molecule has 1 heterocycles. The van der Waals surface area contributed by atoms with Gasteiger partial charge >= 0.3 is 12.1 Å². The van der Waals surface area contributed by atoms with E-state index in [-0.39, 0.29) is 12.0 Å². The van der Waals surface area contributed by atoms with Gasteiger partial charge < -0.3 is 10.1 Å². The van der Waals surface area contributed by atoms with Gasteiger partial charge in [-0.1, -0.05) is 12.1 Å². The van der Waals surface area contributed by atoms with Crippen LogP contribution in [0.1, 0.15) is 34.1 Å². The van der Waals surface area contributed by atoms with E-state index in [0.717, 1.165) is 10.7 Å². The zero-order valence-electron chi connectivity index (χ0n) is 16.2. The van der Waals surface area contributed by atoms with Gasteiger partial charge in [-0.15, -0.1) is 0 Å². The predicted octanol–water partition coefficient (Wildman–Crippen LogP) is 4.06. The molecule has 1 amide bonds. The summed E-state index contributed by atoms with van der Waals surface area (Å²) < 4.78 is 57.0. The molecule has 2 aromatic carbocycles. The second-order valence-corrected chi connectivity index (χ2v) is 6.55. The number of benzene rings is 2. The number of alkyl halides is 3. The fraction of sp³-hybridized carbons (Fsp3) is 0.190. The Hall–Kier alpha value is -3.69. The molecule has 162 valence electrons. The molecule has 1 aromatic heterocycles. The fourth-order valence-electron chi connectivity index (χ4n) is 2.82. The molecular formula is C21H17F4N3O3. The van der Waals surface area contributed by atoms with Crippen LogP contribution >= 0.6 is 0 Å². The van der Waals surface area contributed by atoms with E-state index in [1.165, 1.54) is 61.8 Å². The van der Waals surface area contributed by atoms with Gasteiger partial charge in [-0.3, -0.25) is 9.59 Å². The number of nitrogens with zero attached hydrogens (tertiary/aromatic N) is 2. The fourth-order valence-corrected chi connectivity index (χ4v) is 2.82. The van der Waals surface area contributed by atoms with Crippen molar-refractivity contribution in [1.29, 1.82) is 0 Å². The Balaban J connectivity index is 1.76. The van der Waals surface area contributed by atoms with Crippen molar-refractivity contribution >= 4 is 11.9 Å². The molecule has 1 N–H and O–H groups in total.